The molecule has 1 heterocycles. The van der Waals surface area contributed by atoms with Crippen LogP contribution in [0.3, 0.4) is 0 Å². The Labute approximate surface area is 166 Å². The van der Waals surface area contributed by atoms with Crippen LogP contribution in [0, 0.1) is 10.8 Å². The van der Waals surface area contributed by atoms with E-state index in [0.29, 0.717) is 23.2 Å². The molecule has 2 aliphatic rings. The minimum absolute atomic E-state index is 0.0330. The standard InChI is InChI=1S/C22H30N2O4/c1-21(2)11-17-12-22(3,13-21)14-24(17)20(27)15-5-7-16(8-6-15)23-18(28-4)9-10-19(25)26/h5-8,17H,9-14H2,1-4H3,(H,25,26). The van der Waals surface area contributed by atoms with Crippen molar-refractivity contribution in [2.45, 2.75) is 58.9 Å². The van der Waals surface area contributed by atoms with Crippen LogP contribution in [-0.2, 0) is 9.53 Å². The number of carboxylic acid groups (broad SMARTS) is 1. The molecule has 6 nitrogen and oxygen atoms in total. The predicted octanol–water partition coefficient (Wildman–Crippen LogP) is 4.27. The Bertz CT molecular complexity index is 784. The maximum atomic E-state index is 13.1. The Morgan fingerprint density at radius 2 is 1.86 bits per heavy atom. The molecule has 1 saturated carbocycles. The molecule has 1 aromatic rings. The summed E-state index contributed by atoms with van der Waals surface area (Å²) < 4.78 is 5.15. The zero-order valence-corrected chi connectivity index (χ0v) is 17.2. The number of methoxy groups -OCH3 is 1. The van der Waals surface area contributed by atoms with Gasteiger partial charge in [0.2, 0.25) is 0 Å². The van der Waals surface area contributed by atoms with E-state index >= 15 is 0 Å². The number of amides is 1. The normalized spacial score (nSPS) is 26.2. The van der Waals surface area contributed by atoms with E-state index in [1.54, 1.807) is 24.3 Å². The highest BCUT2D eigenvalue weighted by Gasteiger charge is 2.50. The number of likely N-dealkylation sites (tertiary alicyclic amines) is 1. The fraction of sp³-hybridized carbons (Fsp3) is 0.591. The molecule has 1 saturated heterocycles. The molecule has 6 heteroatoms. The number of carboxylic acids is 1. The summed E-state index contributed by atoms with van der Waals surface area (Å²) in [6.07, 6.45) is 3.50. The lowest BCUT2D eigenvalue weighted by molar-refractivity contribution is -0.136. The maximum absolute atomic E-state index is 13.1. The summed E-state index contributed by atoms with van der Waals surface area (Å²) in [5, 5.41) is 8.79. The average Bonchev–Trinajstić information content (AvgIpc) is 2.87. The predicted molar refractivity (Wildman–Crippen MR) is 108 cm³/mol. The number of carbonyl (C=O) groups excluding carboxylic acids is 1. The lowest BCUT2D eigenvalue weighted by atomic mass is 9.65. The van der Waals surface area contributed by atoms with Crippen molar-refractivity contribution in [1.29, 1.82) is 0 Å². The van der Waals surface area contributed by atoms with Crippen molar-refractivity contribution in [3.8, 4) is 0 Å². The van der Waals surface area contributed by atoms with Crippen LogP contribution in [0.15, 0.2) is 29.3 Å². The Balaban J connectivity index is 1.71. The molecule has 0 aromatic heterocycles. The van der Waals surface area contributed by atoms with Crippen molar-refractivity contribution in [2.24, 2.45) is 15.8 Å². The largest absolute Gasteiger partial charge is 0.484 e. The summed E-state index contributed by atoms with van der Waals surface area (Å²) in [4.78, 5) is 30.2. The number of nitrogens with zero attached hydrogens (tertiary/aromatic N) is 2. The SMILES string of the molecule is COC(CCC(=O)O)=Nc1ccc(C(=O)N2CC3(C)CC2CC(C)(C)C3)cc1. The van der Waals surface area contributed by atoms with Gasteiger partial charge in [0.05, 0.1) is 19.2 Å². The monoisotopic (exact) mass is 386 g/mol. The number of aliphatic carboxylic acids is 1. The highest BCUT2D eigenvalue weighted by Crippen LogP contribution is 2.52. The molecule has 1 amide bonds. The van der Waals surface area contributed by atoms with Gasteiger partial charge in [-0.3, -0.25) is 9.59 Å². The van der Waals surface area contributed by atoms with Crippen LogP contribution in [0.4, 0.5) is 5.69 Å². The van der Waals surface area contributed by atoms with Crippen LogP contribution in [0.1, 0.15) is 63.2 Å². The number of hydrogen-bond donors (Lipinski definition) is 1. The first-order chi connectivity index (χ1) is 13.1. The molecular weight excluding hydrogens is 356 g/mol. The van der Waals surface area contributed by atoms with Crippen LogP contribution in [-0.4, -0.2) is 47.5 Å². The lowest BCUT2D eigenvalue weighted by Crippen LogP contribution is -2.37. The molecular formula is C22H30N2O4. The van der Waals surface area contributed by atoms with E-state index in [2.05, 4.69) is 30.7 Å². The fourth-order valence-electron chi connectivity index (χ4n) is 5.10. The summed E-state index contributed by atoms with van der Waals surface area (Å²) in [5.41, 5.74) is 1.80. The average molecular weight is 386 g/mol. The Morgan fingerprint density at radius 3 is 2.46 bits per heavy atom. The van der Waals surface area contributed by atoms with E-state index in [1.165, 1.54) is 7.11 Å². The third-order valence-corrected chi connectivity index (χ3v) is 5.83. The second kappa shape index (κ2) is 7.57. The van der Waals surface area contributed by atoms with Crippen molar-refractivity contribution in [2.75, 3.05) is 13.7 Å². The van der Waals surface area contributed by atoms with E-state index in [1.807, 2.05) is 0 Å². The first kappa shape index (κ1) is 20.4. The van der Waals surface area contributed by atoms with Gasteiger partial charge in [0.15, 0.2) is 5.90 Å². The van der Waals surface area contributed by atoms with E-state index in [-0.39, 0.29) is 29.6 Å². The third-order valence-electron chi connectivity index (χ3n) is 5.83. The van der Waals surface area contributed by atoms with Crippen molar-refractivity contribution < 1.29 is 19.4 Å². The first-order valence-electron chi connectivity index (χ1n) is 9.85. The molecule has 2 bridgehead atoms. The van der Waals surface area contributed by atoms with Gasteiger partial charge in [-0.2, -0.15) is 0 Å². The molecule has 1 N–H and O–H groups in total. The van der Waals surface area contributed by atoms with E-state index in [4.69, 9.17) is 9.84 Å². The van der Waals surface area contributed by atoms with Crippen molar-refractivity contribution in [1.82, 2.24) is 4.90 Å². The summed E-state index contributed by atoms with van der Waals surface area (Å²) >= 11 is 0. The number of aliphatic imine (C=N–C) groups is 1. The first-order valence-corrected chi connectivity index (χ1v) is 9.85. The third kappa shape index (κ3) is 4.54. The summed E-state index contributed by atoms with van der Waals surface area (Å²) in [7, 11) is 1.48. The molecule has 2 atom stereocenters. The Hall–Kier alpha value is -2.37. The molecule has 0 spiro atoms. The zero-order chi connectivity index (χ0) is 20.5. The molecule has 1 aliphatic carbocycles. The smallest absolute Gasteiger partial charge is 0.303 e. The molecule has 1 aliphatic heterocycles. The molecule has 152 valence electrons. The van der Waals surface area contributed by atoms with Crippen LogP contribution in [0.25, 0.3) is 0 Å². The highest BCUT2D eigenvalue weighted by molar-refractivity contribution is 5.95. The van der Waals surface area contributed by atoms with E-state index < -0.39 is 5.97 Å². The summed E-state index contributed by atoms with van der Waals surface area (Å²) in [5.74, 6) is -0.442. The Kier molecular flexibility index (Phi) is 5.50. The zero-order valence-electron chi connectivity index (χ0n) is 17.2. The number of benzene rings is 1. The number of ether oxygens (including phenoxy) is 1. The Morgan fingerprint density at radius 1 is 1.18 bits per heavy atom. The molecule has 0 radical (unpaired) electrons. The fourth-order valence-corrected chi connectivity index (χ4v) is 5.10. The van der Waals surface area contributed by atoms with Crippen LogP contribution in [0.2, 0.25) is 0 Å². The van der Waals surface area contributed by atoms with Crippen molar-refractivity contribution in [3.63, 3.8) is 0 Å². The molecule has 3 rings (SSSR count). The lowest BCUT2D eigenvalue weighted by Gasteiger charge is -2.39. The topological polar surface area (TPSA) is 79.2 Å². The highest BCUT2D eigenvalue weighted by atomic mass is 16.5. The van der Waals surface area contributed by atoms with Gasteiger partial charge in [-0.1, -0.05) is 20.8 Å². The quantitative estimate of drug-likeness (QED) is 0.605. The van der Waals surface area contributed by atoms with Gasteiger partial charge in [-0.15, -0.1) is 0 Å². The number of rotatable bonds is 5. The van der Waals surface area contributed by atoms with Crippen LogP contribution in [0.5, 0.6) is 0 Å². The van der Waals surface area contributed by atoms with Crippen LogP contribution < -0.4 is 0 Å². The molecule has 1 aromatic carbocycles. The minimum atomic E-state index is -0.890. The van der Waals surface area contributed by atoms with Gasteiger partial charge in [0.25, 0.3) is 5.91 Å². The number of carbonyl (C=O) groups is 2. The summed E-state index contributed by atoms with van der Waals surface area (Å²) in [6, 6.07) is 7.46. The van der Waals surface area contributed by atoms with Gasteiger partial charge in [-0.05, 0) is 54.4 Å². The molecule has 28 heavy (non-hydrogen) atoms. The second-order valence-electron chi connectivity index (χ2n) is 9.30. The summed E-state index contributed by atoms with van der Waals surface area (Å²) in [6.45, 7) is 7.73. The van der Waals surface area contributed by atoms with Gasteiger partial charge >= 0.3 is 5.97 Å². The maximum Gasteiger partial charge on any atom is 0.303 e. The van der Waals surface area contributed by atoms with Crippen molar-refractivity contribution >= 4 is 23.5 Å². The van der Waals surface area contributed by atoms with Gasteiger partial charge < -0.3 is 14.7 Å². The van der Waals surface area contributed by atoms with E-state index in [0.717, 1.165) is 25.8 Å². The second-order valence-corrected chi connectivity index (χ2v) is 9.30. The van der Waals surface area contributed by atoms with Crippen molar-refractivity contribution in [3.05, 3.63) is 29.8 Å². The van der Waals surface area contributed by atoms with E-state index in [9.17, 15) is 9.59 Å². The van der Waals surface area contributed by atoms with Gasteiger partial charge in [0.1, 0.15) is 0 Å². The number of hydrogen-bond acceptors (Lipinski definition) is 4. The van der Waals surface area contributed by atoms with Gasteiger partial charge in [0, 0.05) is 24.6 Å². The van der Waals surface area contributed by atoms with Gasteiger partial charge in [-0.25, -0.2) is 4.99 Å². The minimum Gasteiger partial charge on any atom is -0.484 e. The molecule has 2 unspecified atom stereocenters. The molecule has 2 fully saturated rings. The van der Waals surface area contributed by atoms with Crippen LogP contribution >= 0.6 is 0 Å². The number of fused-ring (bicyclic) bond motifs is 2.